The van der Waals surface area contributed by atoms with E-state index in [1.165, 1.54) is 0 Å². The average Bonchev–Trinajstić information content (AvgIpc) is 2.80. The van der Waals surface area contributed by atoms with Gasteiger partial charge in [-0.1, -0.05) is 23.7 Å². The van der Waals surface area contributed by atoms with E-state index < -0.39 is 5.97 Å². The molecule has 1 atom stereocenters. The molecule has 0 aromatic heterocycles. The molecular weight excluding hydrogens is 444 g/mol. The van der Waals surface area contributed by atoms with Crippen LogP contribution in [-0.4, -0.2) is 43.3 Å². The summed E-state index contributed by atoms with van der Waals surface area (Å²) in [5.41, 5.74) is 2.41. The summed E-state index contributed by atoms with van der Waals surface area (Å²) < 4.78 is 11.9. The molecule has 1 aliphatic rings. The number of halogens is 1. The van der Waals surface area contributed by atoms with Crippen LogP contribution >= 0.6 is 11.6 Å². The zero-order valence-electron chi connectivity index (χ0n) is 18.0. The first-order valence-corrected chi connectivity index (χ1v) is 10.8. The number of anilines is 2. The van der Waals surface area contributed by atoms with Crippen molar-refractivity contribution in [3.8, 4) is 11.5 Å². The number of carbonyl (C=O) groups excluding carboxylic acids is 1. The molecule has 0 unspecified atom stereocenters. The predicted molar refractivity (Wildman–Crippen MR) is 127 cm³/mol. The number of rotatable bonds is 7. The van der Waals surface area contributed by atoms with Gasteiger partial charge in [-0.2, -0.15) is 0 Å². The number of fused-ring (bicyclic) bond motifs is 1. The van der Waals surface area contributed by atoms with Crippen LogP contribution in [0.2, 0.25) is 5.02 Å². The molecule has 0 saturated heterocycles. The lowest BCUT2D eigenvalue weighted by molar-refractivity contribution is -0.136. The van der Waals surface area contributed by atoms with Crippen molar-refractivity contribution in [3.63, 3.8) is 0 Å². The van der Waals surface area contributed by atoms with Crippen molar-refractivity contribution in [1.29, 1.82) is 0 Å². The fourth-order valence-corrected chi connectivity index (χ4v) is 3.81. The molecule has 0 bridgehead atoms. The number of nitrogens with one attached hydrogen (secondary N) is 1. The van der Waals surface area contributed by atoms with Crippen LogP contribution in [0.4, 0.5) is 11.4 Å². The normalized spacial score (nSPS) is 14.7. The second-order valence-corrected chi connectivity index (χ2v) is 8.16. The Balaban J connectivity index is 1.34. The Morgan fingerprint density at radius 1 is 1.15 bits per heavy atom. The molecule has 2 N–H and O–H groups in total. The molecule has 3 aromatic carbocycles. The molecule has 3 aromatic rings. The number of benzene rings is 3. The maximum absolute atomic E-state index is 12.6. The molecule has 0 aliphatic carbocycles. The van der Waals surface area contributed by atoms with Crippen LogP contribution in [0, 0.1) is 0 Å². The second-order valence-electron chi connectivity index (χ2n) is 7.75. The Morgan fingerprint density at radius 2 is 1.91 bits per heavy atom. The molecule has 0 radical (unpaired) electrons. The Kier molecular flexibility index (Phi) is 6.70. The SMILES string of the molecule is CN1C[C@@H](COc2ccc(C(=O)Nc3ccc(Cl)c(CC(=O)O)c3)cc2)Oc2ccccc21. The quantitative estimate of drug-likeness (QED) is 0.533. The molecule has 170 valence electrons. The minimum atomic E-state index is -0.995. The maximum atomic E-state index is 12.6. The number of carboxylic acid groups (broad SMARTS) is 1. The van der Waals surface area contributed by atoms with E-state index in [4.69, 9.17) is 26.2 Å². The number of aliphatic carboxylic acids is 1. The molecule has 0 spiro atoms. The highest BCUT2D eigenvalue weighted by atomic mass is 35.5. The first-order valence-electron chi connectivity index (χ1n) is 10.4. The van der Waals surface area contributed by atoms with E-state index in [0.29, 0.717) is 40.7 Å². The summed E-state index contributed by atoms with van der Waals surface area (Å²) in [5, 5.41) is 12.1. The highest BCUT2D eigenvalue weighted by molar-refractivity contribution is 6.31. The van der Waals surface area contributed by atoms with E-state index in [9.17, 15) is 9.59 Å². The van der Waals surface area contributed by atoms with Gasteiger partial charge in [0.15, 0.2) is 0 Å². The fraction of sp³-hybridized carbons (Fsp3) is 0.200. The molecule has 8 heteroatoms. The summed E-state index contributed by atoms with van der Waals surface area (Å²) in [6.45, 7) is 1.09. The van der Waals surface area contributed by atoms with Crippen LogP contribution in [0.3, 0.4) is 0 Å². The van der Waals surface area contributed by atoms with Crippen LogP contribution in [0.5, 0.6) is 11.5 Å². The van der Waals surface area contributed by atoms with Gasteiger partial charge >= 0.3 is 5.97 Å². The highest BCUT2D eigenvalue weighted by Gasteiger charge is 2.23. The Morgan fingerprint density at radius 3 is 2.67 bits per heavy atom. The summed E-state index contributed by atoms with van der Waals surface area (Å²) >= 11 is 6.03. The largest absolute Gasteiger partial charge is 0.490 e. The van der Waals surface area contributed by atoms with Gasteiger partial charge < -0.3 is 24.8 Å². The van der Waals surface area contributed by atoms with Crippen molar-refractivity contribution in [1.82, 2.24) is 0 Å². The third-order valence-electron chi connectivity index (χ3n) is 5.25. The topological polar surface area (TPSA) is 88.1 Å². The lowest BCUT2D eigenvalue weighted by Gasteiger charge is -2.33. The zero-order chi connectivity index (χ0) is 23.4. The number of likely N-dealkylation sites (N-methyl/N-ethyl adjacent to an activating group) is 1. The lowest BCUT2D eigenvalue weighted by atomic mass is 10.1. The van der Waals surface area contributed by atoms with Crippen LogP contribution in [0.15, 0.2) is 66.7 Å². The standard InChI is InChI=1S/C25H23ClN2O5/c1-28-14-20(33-23-5-3-2-4-22(23)28)15-32-19-9-6-16(7-10-19)25(31)27-18-8-11-21(26)17(12-18)13-24(29)30/h2-12,20H,13-15H2,1H3,(H,27,31)(H,29,30)/t20-/m0/s1. The van der Waals surface area contributed by atoms with Gasteiger partial charge in [0.2, 0.25) is 0 Å². The van der Waals surface area contributed by atoms with E-state index in [1.807, 2.05) is 31.3 Å². The maximum Gasteiger partial charge on any atom is 0.307 e. The van der Waals surface area contributed by atoms with E-state index >= 15 is 0 Å². The van der Waals surface area contributed by atoms with Gasteiger partial charge in [0.05, 0.1) is 18.7 Å². The summed E-state index contributed by atoms with van der Waals surface area (Å²) in [5.74, 6) is 0.150. The van der Waals surface area contributed by atoms with Crippen molar-refractivity contribution in [2.45, 2.75) is 12.5 Å². The van der Waals surface area contributed by atoms with Gasteiger partial charge in [0, 0.05) is 23.3 Å². The van der Waals surface area contributed by atoms with Gasteiger partial charge in [-0.15, -0.1) is 0 Å². The fourth-order valence-electron chi connectivity index (χ4n) is 3.63. The molecule has 0 fully saturated rings. The van der Waals surface area contributed by atoms with Crippen LogP contribution < -0.4 is 19.7 Å². The van der Waals surface area contributed by atoms with Crippen molar-refractivity contribution in [2.24, 2.45) is 0 Å². The van der Waals surface area contributed by atoms with Gasteiger partial charge in [-0.25, -0.2) is 0 Å². The summed E-state index contributed by atoms with van der Waals surface area (Å²) in [7, 11) is 2.02. The Hall–Kier alpha value is -3.71. The van der Waals surface area contributed by atoms with E-state index in [0.717, 1.165) is 11.4 Å². The summed E-state index contributed by atoms with van der Waals surface area (Å²) in [6, 6.07) is 19.4. The number of para-hydroxylation sites is 2. The van der Waals surface area contributed by atoms with Crippen LogP contribution in [-0.2, 0) is 11.2 Å². The second kappa shape index (κ2) is 9.83. The summed E-state index contributed by atoms with van der Waals surface area (Å²) in [4.78, 5) is 25.7. The zero-order valence-corrected chi connectivity index (χ0v) is 18.7. The summed E-state index contributed by atoms with van der Waals surface area (Å²) in [6.07, 6.45) is -0.335. The predicted octanol–water partition coefficient (Wildman–Crippen LogP) is 4.50. The van der Waals surface area contributed by atoms with E-state index in [2.05, 4.69) is 10.2 Å². The minimum Gasteiger partial charge on any atom is -0.490 e. The molecular formula is C25H23ClN2O5. The first-order chi connectivity index (χ1) is 15.9. The monoisotopic (exact) mass is 466 g/mol. The van der Waals surface area contributed by atoms with E-state index in [-0.39, 0.29) is 18.4 Å². The number of nitrogens with zero attached hydrogens (tertiary/aromatic N) is 1. The number of hydrogen-bond donors (Lipinski definition) is 2. The lowest BCUT2D eigenvalue weighted by Crippen LogP contribution is -2.41. The third-order valence-corrected chi connectivity index (χ3v) is 5.61. The number of ether oxygens (including phenoxy) is 2. The first kappa shape index (κ1) is 22.5. The number of carbonyl (C=O) groups is 2. The molecule has 33 heavy (non-hydrogen) atoms. The van der Waals surface area contributed by atoms with Gasteiger partial charge in [0.1, 0.15) is 24.2 Å². The molecule has 4 rings (SSSR count). The molecule has 0 saturated carbocycles. The number of amides is 1. The molecule has 1 aliphatic heterocycles. The number of hydrogen-bond acceptors (Lipinski definition) is 5. The smallest absolute Gasteiger partial charge is 0.307 e. The van der Waals surface area contributed by atoms with Crippen molar-refractivity contribution < 1.29 is 24.2 Å². The van der Waals surface area contributed by atoms with Crippen LogP contribution in [0.1, 0.15) is 15.9 Å². The van der Waals surface area contributed by atoms with Gasteiger partial charge in [-0.05, 0) is 60.2 Å². The van der Waals surface area contributed by atoms with E-state index in [1.54, 1.807) is 42.5 Å². The third kappa shape index (κ3) is 5.56. The molecule has 7 nitrogen and oxygen atoms in total. The Bertz CT molecular complexity index is 1170. The number of carboxylic acids is 1. The molecule has 1 amide bonds. The van der Waals surface area contributed by atoms with Crippen molar-refractivity contribution in [3.05, 3.63) is 82.9 Å². The van der Waals surface area contributed by atoms with Gasteiger partial charge in [-0.3, -0.25) is 9.59 Å². The van der Waals surface area contributed by atoms with Crippen molar-refractivity contribution >= 4 is 34.9 Å². The minimum absolute atomic E-state index is 0.113. The van der Waals surface area contributed by atoms with Gasteiger partial charge in [0.25, 0.3) is 5.91 Å². The van der Waals surface area contributed by atoms with Crippen LogP contribution in [0.25, 0.3) is 0 Å². The highest BCUT2D eigenvalue weighted by Crippen LogP contribution is 2.32. The molecule has 1 heterocycles. The van der Waals surface area contributed by atoms with Crippen molar-refractivity contribution in [2.75, 3.05) is 30.4 Å². The average molecular weight is 467 g/mol. The Labute approximate surface area is 196 Å².